The second-order valence-corrected chi connectivity index (χ2v) is 3.92. The summed E-state index contributed by atoms with van der Waals surface area (Å²) in [6.45, 7) is 5.58. The quantitative estimate of drug-likeness (QED) is 0.657. The van der Waals surface area contributed by atoms with E-state index < -0.39 is 0 Å². The molecule has 0 saturated heterocycles. The standard InChI is InChI=1S/C11H22N2/c1-2-3-7-11(12)10-13-8-5-4-6-9-13/h4-5,11H,2-3,6-10,12H2,1H3. The Kier molecular flexibility index (Phi) is 5.09. The molecule has 1 unspecified atom stereocenters. The highest BCUT2D eigenvalue weighted by Crippen LogP contribution is 2.04. The largest absolute Gasteiger partial charge is 0.327 e. The van der Waals surface area contributed by atoms with Crippen LogP contribution in [0.5, 0.6) is 0 Å². The average Bonchev–Trinajstić information content (AvgIpc) is 2.16. The number of nitrogens with two attached hydrogens (primary N) is 1. The van der Waals surface area contributed by atoms with Gasteiger partial charge >= 0.3 is 0 Å². The van der Waals surface area contributed by atoms with Crippen LogP contribution in [-0.4, -0.2) is 30.6 Å². The molecule has 2 N–H and O–H groups in total. The van der Waals surface area contributed by atoms with Gasteiger partial charge in [0.05, 0.1) is 0 Å². The van der Waals surface area contributed by atoms with E-state index in [1.54, 1.807) is 0 Å². The van der Waals surface area contributed by atoms with Crippen LogP contribution in [0.25, 0.3) is 0 Å². The van der Waals surface area contributed by atoms with E-state index in [9.17, 15) is 0 Å². The van der Waals surface area contributed by atoms with E-state index in [1.807, 2.05) is 0 Å². The summed E-state index contributed by atoms with van der Waals surface area (Å²) in [5.41, 5.74) is 6.02. The number of hydrogen-bond acceptors (Lipinski definition) is 2. The molecule has 1 atom stereocenters. The van der Waals surface area contributed by atoms with Gasteiger partial charge in [-0.25, -0.2) is 0 Å². The van der Waals surface area contributed by atoms with Crippen molar-refractivity contribution in [3.8, 4) is 0 Å². The van der Waals surface area contributed by atoms with Crippen molar-refractivity contribution >= 4 is 0 Å². The summed E-state index contributed by atoms with van der Waals surface area (Å²) < 4.78 is 0. The molecule has 1 aliphatic heterocycles. The second kappa shape index (κ2) is 6.17. The Bertz CT molecular complexity index is 154. The minimum absolute atomic E-state index is 0.381. The number of rotatable bonds is 5. The van der Waals surface area contributed by atoms with Gasteiger partial charge < -0.3 is 5.73 Å². The van der Waals surface area contributed by atoms with Crippen molar-refractivity contribution in [1.29, 1.82) is 0 Å². The van der Waals surface area contributed by atoms with E-state index in [1.165, 1.54) is 32.2 Å². The topological polar surface area (TPSA) is 29.3 Å². The Morgan fingerprint density at radius 3 is 2.92 bits per heavy atom. The lowest BCUT2D eigenvalue weighted by Gasteiger charge is -2.26. The van der Waals surface area contributed by atoms with Crippen LogP contribution in [0.3, 0.4) is 0 Å². The van der Waals surface area contributed by atoms with Crippen LogP contribution >= 0.6 is 0 Å². The molecular weight excluding hydrogens is 160 g/mol. The van der Waals surface area contributed by atoms with Crippen molar-refractivity contribution < 1.29 is 0 Å². The normalized spacial score (nSPS) is 20.5. The molecule has 0 radical (unpaired) electrons. The molecule has 1 heterocycles. The Balaban J connectivity index is 2.11. The molecule has 0 saturated carbocycles. The molecule has 2 heteroatoms. The van der Waals surface area contributed by atoms with Crippen LogP contribution in [0.2, 0.25) is 0 Å². The van der Waals surface area contributed by atoms with Gasteiger partial charge in [0.25, 0.3) is 0 Å². The fourth-order valence-electron chi connectivity index (χ4n) is 1.74. The third kappa shape index (κ3) is 4.44. The van der Waals surface area contributed by atoms with Crippen LogP contribution in [-0.2, 0) is 0 Å². The van der Waals surface area contributed by atoms with Crippen LogP contribution in [0.1, 0.15) is 32.6 Å². The van der Waals surface area contributed by atoms with Gasteiger partial charge in [-0.05, 0) is 12.8 Å². The molecule has 0 fully saturated rings. The molecule has 0 spiro atoms. The first-order valence-electron chi connectivity index (χ1n) is 5.46. The maximum absolute atomic E-state index is 6.02. The van der Waals surface area contributed by atoms with Crippen LogP contribution in [0, 0.1) is 0 Å². The van der Waals surface area contributed by atoms with Crippen molar-refractivity contribution in [3.05, 3.63) is 12.2 Å². The lowest BCUT2D eigenvalue weighted by molar-refractivity contribution is 0.272. The minimum atomic E-state index is 0.381. The average molecular weight is 182 g/mol. The smallest absolute Gasteiger partial charge is 0.0167 e. The van der Waals surface area contributed by atoms with Gasteiger partial charge in [0, 0.05) is 25.7 Å². The molecule has 76 valence electrons. The first-order valence-corrected chi connectivity index (χ1v) is 5.46. The van der Waals surface area contributed by atoms with Crippen molar-refractivity contribution in [3.63, 3.8) is 0 Å². The third-order valence-corrected chi connectivity index (χ3v) is 2.56. The molecule has 0 bridgehead atoms. The summed E-state index contributed by atoms with van der Waals surface area (Å²) in [5, 5.41) is 0. The summed E-state index contributed by atoms with van der Waals surface area (Å²) in [6, 6.07) is 0.381. The fraction of sp³-hybridized carbons (Fsp3) is 0.818. The Morgan fingerprint density at radius 2 is 2.31 bits per heavy atom. The van der Waals surface area contributed by atoms with E-state index in [0.717, 1.165) is 13.1 Å². The van der Waals surface area contributed by atoms with Gasteiger partial charge in [0.1, 0.15) is 0 Å². The summed E-state index contributed by atoms with van der Waals surface area (Å²) in [4.78, 5) is 2.44. The molecular formula is C11H22N2. The van der Waals surface area contributed by atoms with Gasteiger partial charge in [-0.2, -0.15) is 0 Å². The first-order chi connectivity index (χ1) is 6.33. The van der Waals surface area contributed by atoms with E-state index in [-0.39, 0.29) is 0 Å². The lowest BCUT2D eigenvalue weighted by Crippen LogP contribution is -2.39. The van der Waals surface area contributed by atoms with Crippen LogP contribution in [0.4, 0.5) is 0 Å². The summed E-state index contributed by atoms with van der Waals surface area (Å²) in [6.07, 6.45) is 9.40. The van der Waals surface area contributed by atoms with Crippen LogP contribution < -0.4 is 5.73 Å². The van der Waals surface area contributed by atoms with Crippen LogP contribution in [0.15, 0.2) is 12.2 Å². The number of nitrogens with zero attached hydrogens (tertiary/aromatic N) is 1. The fourth-order valence-corrected chi connectivity index (χ4v) is 1.74. The molecule has 0 amide bonds. The van der Waals surface area contributed by atoms with Gasteiger partial charge in [-0.3, -0.25) is 4.90 Å². The van der Waals surface area contributed by atoms with Crippen molar-refractivity contribution in [1.82, 2.24) is 4.90 Å². The predicted octanol–water partition coefficient (Wildman–Crippen LogP) is 1.77. The van der Waals surface area contributed by atoms with E-state index in [4.69, 9.17) is 5.73 Å². The Hall–Kier alpha value is -0.340. The van der Waals surface area contributed by atoms with Gasteiger partial charge in [0.2, 0.25) is 0 Å². The molecule has 1 rings (SSSR count). The van der Waals surface area contributed by atoms with Crippen molar-refractivity contribution in [2.45, 2.75) is 38.6 Å². The highest BCUT2D eigenvalue weighted by atomic mass is 15.1. The first kappa shape index (κ1) is 10.7. The summed E-state index contributed by atoms with van der Waals surface area (Å²) >= 11 is 0. The van der Waals surface area contributed by atoms with Gasteiger partial charge in [-0.1, -0.05) is 31.9 Å². The summed E-state index contributed by atoms with van der Waals surface area (Å²) in [5.74, 6) is 0. The zero-order chi connectivity index (χ0) is 9.52. The maximum atomic E-state index is 6.02. The minimum Gasteiger partial charge on any atom is -0.327 e. The molecule has 13 heavy (non-hydrogen) atoms. The monoisotopic (exact) mass is 182 g/mol. The van der Waals surface area contributed by atoms with E-state index in [0.29, 0.717) is 6.04 Å². The SMILES string of the molecule is CCCCC(N)CN1CC=CCC1. The molecule has 0 aromatic rings. The zero-order valence-electron chi connectivity index (χ0n) is 8.71. The number of hydrogen-bond donors (Lipinski definition) is 1. The molecule has 0 aromatic heterocycles. The van der Waals surface area contributed by atoms with E-state index in [2.05, 4.69) is 24.0 Å². The van der Waals surface area contributed by atoms with Crippen molar-refractivity contribution in [2.75, 3.05) is 19.6 Å². The zero-order valence-corrected chi connectivity index (χ0v) is 8.71. The lowest BCUT2D eigenvalue weighted by atomic mass is 10.1. The highest BCUT2D eigenvalue weighted by molar-refractivity contribution is 4.91. The second-order valence-electron chi connectivity index (χ2n) is 3.92. The Labute approximate surface area is 81.8 Å². The van der Waals surface area contributed by atoms with E-state index >= 15 is 0 Å². The number of unbranched alkanes of at least 4 members (excludes halogenated alkanes) is 1. The Morgan fingerprint density at radius 1 is 1.46 bits per heavy atom. The van der Waals surface area contributed by atoms with Gasteiger partial charge in [-0.15, -0.1) is 0 Å². The summed E-state index contributed by atoms with van der Waals surface area (Å²) in [7, 11) is 0. The molecule has 1 aliphatic rings. The molecule has 2 nitrogen and oxygen atoms in total. The third-order valence-electron chi connectivity index (χ3n) is 2.56. The highest BCUT2D eigenvalue weighted by Gasteiger charge is 2.10. The van der Waals surface area contributed by atoms with Crippen molar-refractivity contribution in [2.24, 2.45) is 5.73 Å². The molecule has 0 aliphatic carbocycles. The predicted molar refractivity (Wildman–Crippen MR) is 57.7 cm³/mol. The molecule has 0 aromatic carbocycles. The maximum Gasteiger partial charge on any atom is 0.0167 e. The van der Waals surface area contributed by atoms with Gasteiger partial charge in [0.15, 0.2) is 0 Å².